The van der Waals surface area contributed by atoms with Crippen LogP contribution in [0, 0.1) is 17.2 Å². The topological polar surface area (TPSA) is 132 Å². The Kier molecular flexibility index (Phi) is 7.64. The van der Waals surface area contributed by atoms with E-state index < -0.39 is 5.91 Å². The van der Waals surface area contributed by atoms with Crippen LogP contribution in [0.2, 0.25) is 0 Å². The van der Waals surface area contributed by atoms with Gasteiger partial charge in [-0.25, -0.2) is 14.6 Å². The highest BCUT2D eigenvalue weighted by atomic mass is 16.5. The third-order valence-electron chi connectivity index (χ3n) is 7.13. The molecule has 1 amide bonds. The number of para-hydroxylation sites is 1. The number of rotatable bonds is 10. The molecule has 1 atom stereocenters. The molecule has 5 aromatic rings. The summed E-state index contributed by atoms with van der Waals surface area (Å²) in [6.07, 6.45) is 4.33. The molecule has 6 rings (SSSR count). The van der Waals surface area contributed by atoms with Gasteiger partial charge in [-0.1, -0.05) is 48.5 Å². The summed E-state index contributed by atoms with van der Waals surface area (Å²) >= 11 is 0. The van der Waals surface area contributed by atoms with Gasteiger partial charge in [-0.05, 0) is 61.2 Å². The highest BCUT2D eigenvalue weighted by molar-refractivity contribution is 5.90. The third kappa shape index (κ3) is 6.47. The third-order valence-corrected chi connectivity index (χ3v) is 7.13. The fourth-order valence-electron chi connectivity index (χ4n) is 4.69. The molecule has 1 aliphatic rings. The number of nitriles is 1. The monoisotopic (exact) mass is 556 g/mol. The number of amides is 1. The molecule has 1 N–H and O–H groups in total. The van der Waals surface area contributed by atoms with Crippen molar-refractivity contribution in [3.8, 4) is 34.5 Å². The molecule has 0 saturated heterocycles. The molecule has 208 valence electrons. The zero-order valence-electron chi connectivity index (χ0n) is 23.0. The van der Waals surface area contributed by atoms with Gasteiger partial charge >= 0.3 is 0 Å². The van der Waals surface area contributed by atoms with Crippen molar-refractivity contribution in [2.75, 3.05) is 11.9 Å². The van der Waals surface area contributed by atoms with Crippen LogP contribution in [0.3, 0.4) is 0 Å². The standard InChI is InChI=1S/C32H28N8O2/c1-21(23-13-14-23)27-12-6-9-25(34-27)18-40-19-30(38-39-40)29-16-28(24-8-5-7-22(15-24)17-33)35-32(36-29)37-31(41)20-42-26-10-3-2-4-11-26/h2-12,15-16,19,21,23H,13-14,18,20H2,1H3,(H,35,36,37,41). The maximum atomic E-state index is 12.7. The van der Waals surface area contributed by atoms with Crippen LogP contribution >= 0.6 is 0 Å². The molecular weight excluding hydrogens is 528 g/mol. The number of aromatic nitrogens is 6. The van der Waals surface area contributed by atoms with Gasteiger partial charge in [0.1, 0.15) is 11.4 Å². The van der Waals surface area contributed by atoms with Crippen LogP contribution in [0.15, 0.2) is 85.1 Å². The first-order valence-corrected chi connectivity index (χ1v) is 13.8. The van der Waals surface area contributed by atoms with E-state index in [1.807, 2.05) is 36.4 Å². The van der Waals surface area contributed by atoms with Crippen LogP contribution in [-0.2, 0) is 11.3 Å². The molecule has 0 aliphatic heterocycles. The zero-order chi connectivity index (χ0) is 28.9. The number of pyridine rings is 1. The molecular formula is C32H28N8O2. The Balaban J connectivity index is 1.25. The van der Waals surface area contributed by atoms with Crippen LogP contribution in [-0.4, -0.2) is 42.5 Å². The Morgan fingerprint density at radius 3 is 2.62 bits per heavy atom. The van der Waals surface area contributed by atoms with Crippen LogP contribution in [0.1, 0.15) is 42.6 Å². The number of hydrogen-bond acceptors (Lipinski definition) is 8. The van der Waals surface area contributed by atoms with Crippen molar-refractivity contribution in [3.63, 3.8) is 0 Å². The van der Waals surface area contributed by atoms with Crippen molar-refractivity contribution in [3.05, 3.63) is 102 Å². The maximum absolute atomic E-state index is 12.7. The Hall–Kier alpha value is -5.43. The summed E-state index contributed by atoms with van der Waals surface area (Å²) in [4.78, 5) is 26.7. The lowest BCUT2D eigenvalue weighted by Crippen LogP contribution is -2.21. The van der Waals surface area contributed by atoms with E-state index in [1.165, 1.54) is 12.8 Å². The number of nitrogens with one attached hydrogen (secondary N) is 1. The van der Waals surface area contributed by atoms with Gasteiger partial charge in [0.2, 0.25) is 5.95 Å². The highest BCUT2D eigenvalue weighted by Crippen LogP contribution is 2.41. The van der Waals surface area contributed by atoms with Crippen LogP contribution < -0.4 is 10.1 Å². The molecule has 1 saturated carbocycles. The Morgan fingerprint density at radius 1 is 1.00 bits per heavy atom. The summed E-state index contributed by atoms with van der Waals surface area (Å²) in [5, 5.41) is 20.8. The molecule has 2 aromatic carbocycles. The summed E-state index contributed by atoms with van der Waals surface area (Å²) < 4.78 is 7.28. The first-order chi connectivity index (χ1) is 20.5. The normalized spacial score (nSPS) is 13.2. The lowest BCUT2D eigenvalue weighted by Gasteiger charge is -2.11. The second-order valence-electron chi connectivity index (χ2n) is 10.3. The second kappa shape index (κ2) is 12.0. The fraction of sp³-hybridized carbons (Fsp3) is 0.219. The van der Waals surface area contributed by atoms with E-state index in [4.69, 9.17) is 9.72 Å². The molecule has 0 bridgehead atoms. The first kappa shape index (κ1) is 26.8. The van der Waals surface area contributed by atoms with Crippen molar-refractivity contribution >= 4 is 11.9 Å². The van der Waals surface area contributed by atoms with Gasteiger partial charge < -0.3 is 4.74 Å². The minimum Gasteiger partial charge on any atom is -0.484 e. The highest BCUT2D eigenvalue weighted by Gasteiger charge is 2.29. The Bertz CT molecular complexity index is 1760. The van der Waals surface area contributed by atoms with E-state index in [2.05, 4.69) is 44.7 Å². The average molecular weight is 557 g/mol. The van der Waals surface area contributed by atoms with Crippen molar-refractivity contribution in [1.82, 2.24) is 29.9 Å². The van der Waals surface area contributed by atoms with Gasteiger partial charge in [0.05, 0.1) is 41.5 Å². The zero-order valence-corrected chi connectivity index (χ0v) is 23.0. The molecule has 3 heterocycles. The molecule has 42 heavy (non-hydrogen) atoms. The van der Waals surface area contributed by atoms with Crippen molar-refractivity contribution in [1.29, 1.82) is 5.26 Å². The van der Waals surface area contributed by atoms with Gasteiger partial charge in [0.15, 0.2) is 6.61 Å². The Morgan fingerprint density at radius 2 is 1.81 bits per heavy atom. The Labute approximate surface area is 243 Å². The number of ether oxygens (including phenoxy) is 1. The van der Waals surface area contributed by atoms with Gasteiger partial charge in [-0.3, -0.25) is 15.1 Å². The predicted octanol–water partition coefficient (Wildman–Crippen LogP) is 5.25. The summed E-state index contributed by atoms with van der Waals surface area (Å²) in [6.45, 7) is 2.49. The van der Waals surface area contributed by atoms with Crippen molar-refractivity contribution in [2.24, 2.45) is 5.92 Å². The molecule has 3 aromatic heterocycles. The number of anilines is 1. The lowest BCUT2D eigenvalue weighted by molar-refractivity contribution is -0.118. The molecule has 1 fully saturated rings. The fourth-order valence-corrected chi connectivity index (χ4v) is 4.69. The van der Waals surface area contributed by atoms with E-state index in [9.17, 15) is 10.1 Å². The average Bonchev–Trinajstić information content (AvgIpc) is 3.78. The lowest BCUT2D eigenvalue weighted by atomic mass is 10.0. The van der Waals surface area contributed by atoms with Gasteiger partial charge in [0, 0.05) is 17.2 Å². The maximum Gasteiger partial charge on any atom is 0.264 e. The molecule has 1 aliphatic carbocycles. The van der Waals surface area contributed by atoms with Gasteiger partial charge in [-0.2, -0.15) is 5.26 Å². The molecule has 1 unspecified atom stereocenters. The van der Waals surface area contributed by atoms with Crippen LogP contribution in [0.5, 0.6) is 5.75 Å². The molecule has 10 nitrogen and oxygen atoms in total. The summed E-state index contributed by atoms with van der Waals surface area (Å²) in [5.41, 5.74) is 4.70. The van der Waals surface area contributed by atoms with Crippen molar-refractivity contribution in [2.45, 2.75) is 32.2 Å². The minimum atomic E-state index is -0.414. The van der Waals surface area contributed by atoms with E-state index in [0.29, 0.717) is 46.4 Å². The molecule has 0 spiro atoms. The van der Waals surface area contributed by atoms with E-state index in [-0.39, 0.29) is 12.6 Å². The van der Waals surface area contributed by atoms with Gasteiger partial charge in [-0.15, -0.1) is 5.10 Å². The van der Waals surface area contributed by atoms with Crippen LogP contribution in [0.4, 0.5) is 5.95 Å². The van der Waals surface area contributed by atoms with E-state index >= 15 is 0 Å². The second-order valence-corrected chi connectivity index (χ2v) is 10.3. The van der Waals surface area contributed by atoms with Crippen LogP contribution in [0.25, 0.3) is 22.6 Å². The predicted molar refractivity (Wildman–Crippen MR) is 156 cm³/mol. The molecule has 10 heteroatoms. The quantitative estimate of drug-likeness (QED) is 0.247. The van der Waals surface area contributed by atoms with Gasteiger partial charge in [0.25, 0.3) is 5.91 Å². The minimum absolute atomic E-state index is 0.0875. The SMILES string of the molecule is CC(c1cccc(Cn2cc(-c3cc(-c4cccc(C#N)c4)nc(NC(=O)COc4ccccc4)n3)nn2)n1)C1CC1. The number of hydrogen-bond donors (Lipinski definition) is 1. The number of carbonyl (C=O) groups excluding carboxylic acids is 1. The van der Waals surface area contributed by atoms with E-state index in [1.54, 1.807) is 47.3 Å². The smallest absolute Gasteiger partial charge is 0.264 e. The number of nitrogens with zero attached hydrogens (tertiary/aromatic N) is 7. The first-order valence-electron chi connectivity index (χ1n) is 13.8. The van der Waals surface area contributed by atoms with E-state index in [0.717, 1.165) is 17.3 Å². The summed E-state index contributed by atoms with van der Waals surface area (Å²) in [5.74, 6) is 1.43. The number of benzene rings is 2. The molecule has 0 radical (unpaired) electrons. The summed E-state index contributed by atoms with van der Waals surface area (Å²) in [6, 6.07) is 26.2. The largest absolute Gasteiger partial charge is 0.484 e. The summed E-state index contributed by atoms with van der Waals surface area (Å²) in [7, 11) is 0. The van der Waals surface area contributed by atoms with Crippen molar-refractivity contribution < 1.29 is 9.53 Å². The number of carbonyl (C=O) groups is 1.